The van der Waals surface area contributed by atoms with Crippen molar-refractivity contribution < 1.29 is 37.6 Å². The Bertz CT molecular complexity index is 2000. The maximum absolute atomic E-state index is 14.1. The van der Waals surface area contributed by atoms with Gasteiger partial charge in [0.15, 0.2) is 0 Å². The highest BCUT2D eigenvalue weighted by atomic mass is 31.2. The fraction of sp³-hybridized carbons (Fsp3) is 0.404. The monoisotopic (exact) mass is 836 g/mol. The number of hydrogen-bond donors (Lipinski definition) is 0. The molecule has 6 rings (SSSR count). The zero-order chi connectivity index (χ0) is 42.1. The first kappa shape index (κ1) is 45.9. The van der Waals surface area contributed by atoms with E-state index >= 15 is 0 Å². The van der Waals surface area contributed by atoms with Crippen LogP contribution in [0.1, 0.15) is 85.4 Å². The molecule has 12 nitrogen and oxygen atoms in total. The summed E-state index contributed by atoms with van der Waals surface area (Å²) < 4.78 is 33.9. The van der Waals surface area contributed by atoms with E-state index < -0.39 is 32.0 Å². The summed E-state index contributed by atoms with van der Waals surface area (Å²) in [7, 11) is 1.60. The first-order chi connectivity index (χ1) is 28.5. The Hall–Kier alpha value is -5.15. The van der Waals surface area contributed by atoms with Crippen molar-refractivity contribution in [2.45, 2.75) is 71.8 Å². The number of hydrogen-bond acceptors (Lipinski definition) is 10. The second-order valence-electron chi connectivity index (χ2n) is 15.1. The van der Waals surface area contributed by atoms with Crippen molar-refractivity contribution >= 4 is 26.2 Å². The summed E-state index contributed by atoms with van der Waals surface area (Å²) in [5.74, 6) is 0.0676. The maximum Gasteiger partial charge on any atom is 0.261 e. The number of rotatable bonds is 19. The molecule has 4 aromatic carbocycles. The summed E-state index contributed by atoms with van der Waals surface area (Å²) in [6.45, 7) is 9.17. The molecular weight excluding hydrogens is 780 g/mol. The van der Waals surface area contributed by atoms with E-state index in [1.54, 1.807) is 43.4 Å². The molecule has 60 heavy (non-hydrogen) atoms. The van der Waals surface area contributed by atoms with E-state index in [1.165, 1.54) is 0 Å². The maximum atomic E-state index is 14.1. The van der Waals surface area contributed by atoms with Crippen LogP contribution < -0.4 is 9.47 Å². The third kappa shape index (κ3) is 9.89. The van der Waals surface area contributed by atoms with E-state index in [4.69, 9.17) is 23.3 Å². The molecule has 2 heterocycles. The molecular formula is C47H57N4O8P. The lowest BCUT2D eigenvalue weighted by Gasteiger charge is -2.39. The van der Waals surface area contributed by atoms with Crippen LogP contribution in [-0.2, 0) is 24.2 Å². The fourth-order valence-corrected chi connectivity index (χ4v) is 9.62. The van der Waals surface area contributed by atoms with Gasteiger partial charge in [-0.25, -0.2) is 4.67 Å². The quantitative estimate of drug-likeness (QED) is 0.0393. The van der Waals surface area contributed by atoms with E-state index in [1.807, 2.05) is 78.9 Å². The third-order valence-corrected chi connectivity index (χ3v) is 12.9. The lowest BCUT2D eigenvalue weighted by Crippen LogP contribution is -2.38. The highest BCUT2D eigenvalue weighted by molar-refractivity contribution is 7.44. The number of carbonyl (C=O) groups is 3. The second-order valence-corrected chi connectivity index (χ2v) is 16.5. The van der Waals surface area contributed by atoms with Gasteiger partial charge in [0.05, 0.1) is 57.2 Å². The fourth-order valence-electron chi connectivity index (χ4n) is 7.85. The Balaban J connectivity index is 0.00000683. The standard InChI is InChI=1S/C46H53N4O8P.CH4/c1-32(2)50(33(3)4)59(57-28-12-26-47)58-42-30-48(43(51)25-27-49-44(52)40-15-10-11-16-41(40)45(49)53)29-34(42)31-56-46(35-13-8-7-9-14-35,36-17-21-38(54-5)22-18-36)37-19-23-39(55-6)24-20-37;/h7-11,13-24,32-34,42H,12,25,27-31H2,1-6H3;1H4. The molecule has 0 saturated carbocycles. The number of likely N-dealkylation sites (tertiary alicyclic amines) is 1. The van der Waals surface area contributed by atoms with Crippen LogP contribution in [0.4, 0.5) is 0 Å². The van der Waals surface area contributed by atoms with Crippen molar-refractivity contribution in [1.82, 2.24) is 14.5 Å². The molecule has 3 amide bonds. The van der Waals surface area contributed by atoms with Gasteiger partial charge < -0.3 is 28.2 Å². The highest BCUT2D eigenvalue weighted by Crippen LogP contribution is 2.49. The topological polar surface area (TPSA) is 131 Å². The molecule has 0 radical (unpaired) electrons. The number of imide groups is 1. The number of ether oxygens (including phenoxy) is 3. The minimum Gasteiger partial charge on any atom is -0.497 e. The molecule has 0 aliphatic carbocycles. The van der Waals surface area contributed by atoms with Gasteiger partial charge in [0.2, 0.25) is 5.91 Å². The number of nitrogens with zero attached hydrogens (tertiary/aromatic N) is 4. The third-order valence-electron chi connectivity index (χ3n) is 10.7. The van der Waals surface area contributed by atoms with Crippen LogP contribution in [0, 0.1) is 17.2 Å². The van der Waals surface area contributed by atoms with E-state index in [0.717, 1.165) is 21.6 Å². The average Bonchev–Trinajstić information content (AvgIpc) is 3.77. The van der Waals surface area contributed by atoms with Crippen molar-refractivity contribution in [3.8, 4) is 17.6 Å². The van der Waals surface area contributed by atoms with Gasteiger partial charge in [-0.1, -0.05) is 74.2 Å². The number of amides is 3. The number of fused-ring (bicyclic) bond motifs is 1. The Kier molecular flexibility index (Phi) is 16.0. The molecule has 0 N–H and O–H groups in total. The Morgan fingerprint density at radius 3 is 1.82 bits per heavy atom. The number of methoxy groups -OCH3 is 2. The molecule has 2 aliphatic rings. The first-order valence-electron chi connectivity index (χ1n) is 20.0. The minimum absolute atomic E-state index is 0. The smallest absolute Gasteiger partial charge is 0.261 e. The first-order valence-corrected chi connectivity index (χ1v) is 21.1. The molecule has 4 aromatic rings. The minimum atomic E-state index is -1.66. The summed E-state index contributed by atoms with van der Waals surface area (Å²) in [5.41, 5.74) is 2.21. The van der Waals surface area contributed by atoms with Gasteiger partial charge >= 0.3 is 0 Å². The van der Waals surface area contributed by atoms with Crippen molar-refractivity contribution in [2.24, 2.45) is 5.92 Å². The van der Waals surface area contributed by atoms with Gasteiger partial charge in [-0.05, 0) is 80.8 Å². The molecule has 1 saturated heterocycles. The summed E-state index contributed by atoms with van der Waals surface area (Å²) in [6.07, 6.45) is -0.365. The molecule has 1 fully saturated rings. The van der Waals surface area contributed by atoms with Gasteiger partial charge in [0.25, 0.3) is 20.3 Å². The molecule has 0 spiro atoms. The molecule has 0 aromatic heterocycles. The van der Waals surface area contributed by atoms with E-state index in [9.17, 15) is 19.6 Å². The van der Waals surface area contributed by atoms with Crippen LogP contribution in [0.2, 0.25) is 0 Å². The summed E-state index contributed by atoms with van der Waals surface area (Å²) in [6, 6.07) is 34.6. The highest BCUT2D eigenvalue weighted by Gasteiger charge is 2.44. The Morgan fingerprint density at radius 1 is 0.800 bits per heavy atom. The van der Waals surface area contributed by atoms with Crippen LogP contribution in [0.3, 0.4) is 0 Å². The predicted octanol–water partition coefficient (Wildman–Crippen LogP) is 8.45. The molecule has 13 heteroatoms. The normalized spacial score (nSPS) is 16.9. The average molecular weight is 837 g/mol. The molecule has 2 aliphatic heterocycles. The van der Waals surface area contributed by atoms with Gasteiger partial charge in [-0.2, -0.15) is 5.26 Å². The number of nitriles is 1. The molecule has 318 valence electrons. The predicted molar refractivity (Wildman–Crippen MR) is 232 cm³/mol. The number of benzene rings is 4. The lowest BCUT2D eigenvalue weighted by atomic mass is 9.80. The van der Waals surface area contributed by atoms with Crippen molar-refractivity contribution in [3.63, 3.8) is 0 Å². The van der Waals surface area contributed by atoms with Crippen LogP contribution in [-0.4, -0.2) is 97.4 Å². The van der Waals surface area contributed by atoms with Gasteiger partial charge in [0.1, 0.15) is 17.1 Å². The van der Waals surface area contributed by atoms with Crippen molar-refractivity contribution in [1.29, 1.82) is 5.26 Å². The Labute approximate surface area is 355 Å². The van der Waals surface area contributed by atoms with Crippen LogP contribution >= 0.6 is 8.53 Å². The van der Waals surface area contributed by atoms with E-state index in [2.05, 4.69) is 38.4 Å². The Morgan fingerprint density at radius 2 is 1.32 bits per heavy atom. The second kappa shape index (κ2) is 20.9. The van der Waals surface area contributed by atoms with Crippen LogP contribution in [0.5, 0.6) is 11.5 Å². The largest absolute Gasteiger partial charge is 0.497 e. The van der Waals surface area contributed by atoms with Crippen molar-refractivity contribution in [3.05, 3.63) is 131 Å². The molecule has 3 unspecified atom stereocenters. The van der Waals surface area contributed by atoms with Crippen LogP contribution in [0.25, 0.3) is 0 Å². The van der Waals surface area contributed by atoms with E-state index in [-0.39, 0.29) is 70.5 Å². The SMILES string of the molecule is C.COc1ccc(C(OCC2CN(C(=O)CCN3C(=O)c4ccccc4C3=O)CC2OP(OCCC#N)N(C(C)C)C(C)C)(c2ccccc2)c2ccc(OC)cc2)cc1. The zero-order valence-corrected chi connectivity index (χ0v) is 35.5. The summed E-state index contributed by atoms with van der Waals surface area (Å²) >= 11 is 0. The van der Waals surface area contributed by atoms with Gasteiger partial charge in [-0.3, -0.25) is 19.3 Å². The zero-order valence-electron chi connectivity index (χ0n) is 34.6. The van der Waals surface area contributed by atoms with E-state index in [0.29, 0.717) is 29.2 Å². The summed E-state index contributed by atoms with van der Waals surface area (Å²) in [5, 5.41) is 9.36. The molecule has 0 bridgehead atoms. The summed E-state index contributed by atoms with van der Waals surface area (Å²) in [4.78, 5) is 43.3. The number of carbonyl (C=O) groups excluding carboxylic acids is 3. The lowest BCUT2D eigenvalue weighted by molar-refractivity contribution is -0.130. The van der Waals surface area contributed by atoms with Gasteiger partial charge in [0, 0.05) is 44.1 Å². The van der Waals surface area contributed by atoms with Crippen molar-refractivity contribution in [2.75, 3.05) is 47.1 Å². The van der Waals surface area contributed by atoms with Gasteiger partial charge in [-0.15, -0.1) is 0 Å². The van der Waals surface area contributed by atoms with Crippen LogP contribution in [0.15, 0.2) is 103 Å². The molecule has 3 atom stereocenters.